The first kappa shape index (κ1) is 13.8. The molecule has 0 aliphatic rings. The molecule has 0 radical (unpaired) electrons. The van der Waals surface area contributed by atoms with Gasteiger partial charge in [0.15, 0.2) is 0 Å². The van der Waals surface area contributed by atoms with Gasteiger partial charge in [-0.25, -0.2) is 9.37 Å². The van der Waals surface area contributed by atoms with Gasteiger partial charge < -0.3 is 10.6 Å². The normalized spacial score (nSPS) is 10.6. The summed E-state index contributed by atoms with van der Waals surface area (Å²) >= 11 is 3.34. The topological polar surface area (TPSA) is 49.8 Å². The maximum atomic E-state index is 13.9. The van der Waals surface area contributed by atoms with Gasteiger partial charge in [0.05, 0.1) is 11.2 Å². The molecule has 0 aliphatic heterocycles. The Bertz CT molecular complexity index is 807. The van der Waals surface area contributed by atoms with Crippen molar-refractivity contribution in [2.24, 2.45) is 0 Å². The molecular weight excluding hydrogens is 335 g/mol. The molecule has 0 saturated heterocycles. The highest BCUT2D eigenvalue weighted by molar-refractivity contribution is 9.10. The zero-order valence-electron chi connectivity index (χ0n) is 11.2. The van der Waals surface area contributed by atoms with Crippen LogP contribution in [0.4, 0.5) is 21.8 Å². The summed E-state index contributed by atoms with van der Waals surface area (Å²) in [6, 6.07) is 12.3. The third-order valence-electron chi connectivity index (χ3n) is 3.01. The number of nitrogens with one attached hydrogen (secondary N) is 2. The highest BCUT2D eigenvalue weighted by Crippen LogP contribution is 2.28. The second-order valence-electron chi connectivity index (χ2n) is 4.41. The van der Waals surface area contributed by atoms with Crippen LogP contribution in [0.5, 0.6) is 0 Å². The molecule has 0 amide bonds. The molecule has 6 heteroatoms. The number of aromatic nitrogens is 2. The monoisotopic (exact) mass is 346 g/mol. The van der Waals surface area contributed by atoms with E-state index in [1.54, 1.807) is 19.2 Å². The van der Waals surface area contributed by atoms with Gasteiger partial charge in [-0.15, -0.1) is 0 Å². The van der Waals surface area contributed by atoms with Gasteiger partial charge in [-0.1, -0.05) is 28.1 Å². The predicted octanol–water partition coefficient (Wildman–Crippen LogP) is 4.32. The minimum absolute atomic E-state index is 0.341. The average Bonchev–Trinajstić information content (AvgIpc) is 2.50. The third kappa shape index (κ3) is 2.80. The number of halogens is 2. The van der Waals surface area contributed by atoms with Crippen LogP contribution < -0.4 is 10.6 Å². The van der Waals surface area contributed by atoms with E-state index >= 15 is 0 Å². The highest BCUT2D eigenvalue weighted by Gasteiger charge is 2.09. The second-order valence-corrected chi connectivity index (χ2v) is 5.33. The van der Waals surface area contributed by atoms with Gasteiger partial charge >= 0.3 is 0 Å². The van der Waals surface area contributed by atoms with Crippen LogP contribution in [0.3, 0.4) is 0 Å². The second kappa shape index (κ2) is 5.65. The third-order valence-corrected chi connectivity index (χ3v) is 3.50. The van der Waals surface area contributed by atoms with Crippen molar-refractivity contribution in [1.29, 1.82) is 0 Å². The Morgan fingerprint density at radius 2 is 1.90 bits per heavy atom. The van der Waals surface area contributed by atoms with E-state index in [0.29, 0.717) is 17.5 Å². The Kier molecular flexibility index (Phi) is 3.70. The molecular formula is C15H12BrFN4. The van der Waals surface area contributed by atoms with Gasteiger partial charge in [-0.05, 0) is 30.3 Å². The average molecular weight is 347 g/mol. The van der Waals surface area contributed by atoms with E-state index < -0.39 is 0 Å². The maximum absolute atomic E-state index is 13.9. The maximum Gasteiger partial charge on any atom is 0.224 e. The van der Waals surface area contributed by atoms with Crippen LogP contribution in [0.25, 0.3) is 10.9 Å². The lowest BCUT2D eigenvalue weighted by Gasteiger charge is -2.11. The lowest BCUT2D eigenvalue weighted by molar-refractivity contribution is 0.631. The first-order chi connectivity index (χ1) is 10.2. The number of hydrogen-bond donors (Lipinski definition) is 2. The van der Waals surface area contributed by atoms with Crippen molar-refractivity contribution < 1.29 is 4.39 Å². The van der Waals surface area contributed by atoms with Gasteiger partial charge in [0.1, 0.15) is 11.6 Å². The van der Waals surface area contributed by atoms with E-state index in [4.69, 9.17) is 0 Å². The lowest BCUT2D eigenvalue weighted by atomic mass is 10.2. The van der Waals surface area contributed by atoms with Crippen LogP contribution in [0, 0.1) is 5.82 Å². The summed E-state index contributed by atoms with van der Waals surface area (Å²) < 4.78 is 14.7. The Balaban J connectivity index is 2.13. The lowest BCUT2D eigenvalue weighted by Crippen LogP contribution is -2.02. The van der Waals surface area contributed by atoms with E-state index in [9.17, 15) is 4.39 Å². The van der Waals surface area contributed by atoms with Crippen LogP contribution in [0.2, 0.25) is 0 Å². The molecule has 3 aromatic rings. The minimum atomic E-state index is -0.341. The van der Waals surface area contributed by atoms with E-state index in [2.05, 4.69) is 36.5 Å². The van der Waals surface area contributed by atoms with Gasteiger partial charge in [-0.2, -0.15) is 4.98 Å². The Morgan fingerprint density at radius 1 is 1.10 bits per heavy atom. The number of benzene rings is 2. The van der Waals surface area contributed by atoms with Crippen molar-refractivity contribution in [3.63, 3.8) is 0 Å². The van der Waals surface area contributed by atoms with Crippen LogP contribution >= 0.6 is 15.9 Å². The quantitative estimate of drug-likeness (QED) is 0.741. The molecule has 0 bridgehead atoms. The zero-order chi connectivity index (χ0) is 14.8. The molecule has 21 heavy (non-hydrogen) atoms. The van der Waals surface area contributed by atoms with E-state index in [-0.39, 0.29) is 5.82 Å². The zero-order valence-corrected chi connectivity index (χ0v) is 12.8. The van der Waals surface area contributed by atoms with Crippen LogP contribution in [0.15, 0.2) is 46.9 Å². The smallest absolute Gasteiger partial charge is 0.224 e. The van der Waals surface area contributed by atoms with E-state index in [0.717, 1.165) is 15.4 Å². The molecule has 0 aliphatic carbocycles. The van der Waals surface area contributed by atoms with E-state index in [1.165, 1.54) is 6.07 Å². The summed E-state index contributed by atoms with van der Waals surface area (Å²) in [4.78, 5) is 8.74. The molecule has 2 aromatic carbocycles. The van der Waals surface area contributed by atoms with Crippen molar-refractivity contribution in [2.75, 3.05) is 17.7 Å². The minimum Gasteiger partial charge on any atom is -0.357 e. The van der Waals surface area contributed by atoms with Crippen LogP contribution in [-0.2, 0) is 0 Å². The fourth-order valence-corrected chi connectivity index (χ4v) is 2.37. The molecule has 2 N–H and O–H groups in total. The molecule has 1 aromatic heterocycles. The standard InChI is InChI=1S/C15H12BrFN4/c1-18-15-20-12-5-3-2-4-10(12)14(21-15)19-13-8-9(16)6-7-11(13)17/h2-8H,1H3,(H2,18,19,20,21). The number of hydrogen-bond acceptors (Lipinski definition) is 4. The number of fused-ring (bicyclic) bond motifs is 1. The molecule has 0 atom stereocenters. The number of para-hydroxylation sites is 1. The Hall–Kier alpha value is -2.21. The SMILES string of the molecule is CNc1nc(Nc2cc(Br)ccc2F)c2ccccc2n1. The summed E-state index contributed by atoms with van der Waals surface area (Å²) in [5, 5.41) is 6.77. The first-order valence-electron chi connectivity index (χ1n) is 6.34. The molecule has 3 rings (SSSR count). The number of rotatable bonds is 3. The number of anilines is 3. The largest absolute Gasteiger partial charge is 0.357 e. The van der Waals surface area contributed by atoms with Gasteiger partial charge in [0.2, 0.25) is 5.95 Å². The fraction of sp³-hybridized carbons (Fsp3) is 0.0667. The van der Waals surface area contributed by atoms with Crippen molar-refractivity contribution >= 4 is 44.3 Å². The van der Waals surface area contributed by atoms with Crippen molar-refractivity contribution in [3.8, 4) is 0 Å². The van der Waals surface area contributed by atoms with Gasteiger partial charge in [0, 0.05) is 16.9 Å². The van der Waals surface area contributed by atoms with Crippen molar-refractivity contribution in [2.45, 2.75) is 0 Å². The Labute approximate surface area is 129 Å². The molecule has 0 unspecified atom stereocenters. The number of nitrogens with zero attached hydrogens (tertiary/aromatic N) is 2. The molecule has 0 spiro atoms. The summed E-state index contributed by atoms with van der Waals surface area (Å²) in [6.45, 7) is 0. The highest BCUT2D eigenvalue weighted by atomic mass is 79.9. The summed E-state index contributed by atoms with van der Waals surface area (Å²) in [5.41, 5.74) is 1.14. The molecule has 1 heterocycles. The molecule has 0 fully saturated rings. The Morgan fingerprint density at radius 3 is 2.71 bits per heavy atom. The van der Waals surface area contributed by atoms with Crippen LogP contribution in [0.1, 0.15) is 0 Å². The van der Waals surface area contributed by atoms with Gasteiger partial charge in [0.25, 0.3) is 0 Å². The summed E-state index contributed by atoms with van der Waals surface area (Å²) in [6.07, 6.45) is 0. The molecule has 0 saturated carbocycles. The molecule has 106 valence electrons. The first-order valence-corrected chi connectivity index (χ1v) is 7.13. The van der Waals surface area contributed by atoms with Crippen molar-refractivity contribution in [1.82, 2.24) is 9.97 Å². The summed E-state index contributed by atoms with van der Waals surface area (Å²) in [5.74, 6) is 0.695. The predicted molar refractivity (Wildman–Crippen MR) is 86.5 cm³/mol. The van der Waals surface area contributed by atoms with E-state index in [1.807, 2.05) is 24.3 Å². The molecule has 4 nitrogen and oxygen atoms in total. The van der Waals surface area contributed by atoms with Crippen LogP contribution in [-0.4, -0.2) is 17.0 Å². The summed E-state index contributed by atoms with van der Waals surface area (Å²) in [7, 11) is 1.74. The van der Waals surface area contributed by atoms with Gasteiger partial charge in [-0.3, -0.25) is 0 Å². The van der Waals surface area contributed by atoms with Crippen molar-refractivity contribution in [3.05, 3.63) is 52.8 Å². The fourth-order valence-electron chi connectivity index (χ4n) is 2.00.